The Morgan fingerprint density at radius 3 is 2.21 bits per heavy atom. The highest BCUT2D eigenvalue weighted by Gasteiger charge is 2.16. The predicted octanol–water partition coefficient (Wildman–Crippen LogP) is 2.52. The summed E-state index contributed by atoms with van der Waals surface area (Å²) in [5, 5.41) is 2.57. The number of hydrogen-bond donors (Lipinski definition) is 1. The van der Waals surface area contributed by atoms with Crippen molar-refractivity contribution < 1.29 is 9.00 Å². The molecule has 2 aromatic carbocycles. The molecule has 2 aromatic rings. The van der Waals surface area contributed by atoms with Crippen molar-refractivity contribution in [3.63, 3.8) is 0 Å². The zero-order chi connectivity index (χ0) is 13.8. The van der Waals surface area contributed by atoms with Crippen LogP contribution in [0, 0.1) is 6.92 Å². The van der Waals surface area contributed by atoms with Crippen LogP contribution >= 0.6 is 0 Å². The first-order chi connectivity index (χ1) is 9.15. The van der Waals surface area contributed by atoms with Crippen LogP contribution in [-0.4, -0.2) is 17.2 Å². The Kier molecular flexibility index (Phi) is 4.12. The fourth-order valence-electron chi connectivity index (χ4n) is 1.83. The first-order valence-corrected chi connectivity index (χ1v) is 7.08. The molecule has 19 heavy (non-hydrogen) atoms. The van der Waals surface area contributed by atoms with Gasteiger partial charge >= 0.3 is 0 Å². The molecule has 0 fully saturated rings. The van der Waals surface area contributed by atoms with E-state index in [2.05, 4.69) is 5.32 Å². The molecule has 1 amide bonds. The molecule has 1 unspecified atom stereocenters. The second-order valence-corrected chi connectivity index (χ2v) is 5.53. The molecule has 0 aliphatic rings. The Morgan fingerprint density at radius 1 is 1.00 bits per heavy atom. The van der Waals surface area contributed by atoms with E-state index in [1.807, 2.05) is 31.2 Å². The van der Waals surface area contributed by atoms with E-state index >= 15 is 0 Å². The molecule has 0 spiro atoms. The van der Waals surface area contributed by atoms with Crippen molar-refractivity contribution in [3.8, 4) is 0 Å². The molecule has 4 heteroatoms. The number of benzene rings is 2. The summed E-state index contributed by atoms with van der Waals surface area (Å²) in [6.45, 7) is 1.91. The fourth-order valence-corrected chi connectivity index (χ4v) is 3.20. The highest BCUT2D eigenvalue weighted by Crippen LogP contribution is 2.22. The van der Waals surface area contributed by atoms with Gasteiger partial charge in [-0.05, 0) is 30.7 Å². The minimum Gasteiger partial charge on any atom is -0.355 e. The summed E-state index contributed by atoms with van der Waals surface area (Å²) >= 11 is 0. The van der Waals surface area contributed by atoms with Crippen molar-refractivity contribution in [2.75, 3.05) is 7.05 Å². The maximum atomic E-state index is 12.6. The molecule has 3 nitrogen and oxygen atoms in total. The third kappa shape index (κ3) is 2.74. The van der Waals surface area contributed by atoms with Crippen molar-refractivity contribution in [1.29, 1.82) is 0 Å². The first-order valence-electron chi connectivity index (χ1n) is 5.93. The average Bonchev–Trinajstić information content (AvgIpc) is 2.46. The van der Waals surface area contributed by atoms with Crippen molar-refractivity contribution >= 4 is 16.7 Å². The minimum absolute atomic E-state index is 0.225. The third-order valence-electron chi connectivity index (χ3n) is 2.85. The van der Waals surface area contributed by atoms with E-state index in [1.165, 1.54) is 0 Å². The number of nitrogens with one attached hydrogen (secondary N) is 1. The van der Waals surface area contributed by atoms with Crippen molar-refractivity contribution in [3.05, 3.63) is 59.7 Å². The Labute approximate surface area is 115 Å². The van der Waals surface area contributed by atoms with Crippen LogP contribution in [0.5, 0.6) is 0 Å². The van der Waals surface area contributed by atoms with Crippen LogP contribution in [0.3, 0.4) is 0 Å². The van der Waals surface area contributed by atoms with Gasteiger partial charge in [0.2, 0.25) is 0 Å². The lowest BCUT2D eigenvalue weighted by molar-refractivity contribution is 0.0960. The Bertz CT molecular complexity index is 638. The molecule has 98 valence electrons. The van der Waals surface area contributed by atoms with Crippen LogP contribution in [0.15, 0.2) is 58.3 Å². The SMILES string of the molecule is CNC(=O)c1ccccc1S(=O)c1ccccc1C. The molecule has 0 aliphatic heterocycles. The molecular formula is C15H15NO2S. The van der Waals surface area contributed by atoms with Gasteiger partial charge in [0.1, 0.15) is 0 Å². The average molecular weight is 273 g/mol. The summed E-state index contributed by atoms with van der Waals surface area (Å²) in [4.78, 5) is 13.1. The van der Waals surface area contributed by atoms with E-state index in [4.69, 9.17) is 0 Å². The van der Waals surface area contributed by atoms with Crippen LogP contribution < -0.4 is 5.32 Å². The normalized spacial score (nSPS) is 11.9. The van der Waals surface area contributed by atoms with Gasteiger partial charge in [0.25, 0.3) is 5.91 Å². The number of aryl methyl sites for hydroxylation is 1. The lowest BCUT2D eigenvalue weighted by Gasteiger charge is -2.09. The minimum atomic E-state index is -1.35. The smallest absolute Gasteiger partial charge is 0.252 e. The zero-order valence-electron chi connectivity index (χ0n) is 10.8. The molecule has 2 rings (SSSR count). The van der Waals surface area contributed by atoms with Gasteiger partial charge in [-0.2, -0.15) is 0 Å². The molecule has 1 atom stereocenters. The van der Waals surface area contributed by atoms with Gasteiger partial charge in [-0.25, -0.2) is 4.21 Å². The summed E-state index contributed by atoms with van der Waals surface area (Å²) in [5.41, 5.74) is 1.40. The molecule has 0 bridgehead atoms. The van der Waals surface area contributed by atoms with Crippen molar-refractivity contribution in [2.45, 2.75) is 16.7 Å². The largest absolute Gasteiger partial charge is 0.355 e. The molecule has 0 heterocycles. The fraction of sp³-hybridized carbons (Fsp3) is 0.133. The van der Waals surface area contributed by atoms with Gasteiger partial charge < -0.3 is 5.32 Å². The summed E-state index contributed by atoms with van der Waals surface area (Å²) in [5.74, 6) is -0.225. The highest BCUT2D eigenvalue weighted by molar-refractivity contribution is 7.85. The van der Waals surface area contributed by atoms with Gasteiger partial charge in [-0.1, -0.05) is 30.3 Å². The van der Waals surface area contributed by atoms with Crippen molar-refractivity contribution in [2.24, 2.45) is 0 Å². The Morgan fingerprint density at radius 2 is 1.58 bits per heavy atom. The van der Waals surface area contributed by atoms with Gasteiger partial charge in [-0.3, -0.25) is 4.79 Å². The molecular weight excluding hydrogens is 258 g/mol. The van der Waals surface area contributed by atoms with E-state index in [1.54, 1.807) is 31.3 Å². The lowest BCUT2D eigenvalue weighted by Crippen LogP contribution is -2.19. The summed E-state index contributed by atoms with van der Waals surface area (Å²) in [6.07, 6.45) is 0. The number of hydrogen-bond acceptors (Lipinski definition) is 2. The quantitative estimate of drug-likeness (QED) is 0.934. The second kappa shape index (κ2) is 5.80. The zero-order valence-corrected chi connectivity index (χ0v) is 11.7. The van der Waals surface area contributed by atoms with E-state index in [0.29, 0.717) is 10.5 Å². The molecule has 0 saturated heterocycles. The van der Waals surface area contributed by atoms with Gasteiger partial charge in [0, 0.05) is 11.9 Å². The Hall–Kier alpha value is -1.94. The topological polar surface area (TPSA) is 46.2 Å². The Balaban J connectivity index is 2.51. The third-order valence-corrected chi connectivity index (χ3v) is 4.46. The van der Waals surface area contributed by atoms with Gasteiger partial charge in [0.05, 0.1) is 21.3 Å². The maximum Gasteiger partial charge on any atom is 0.252 e. The molecule has 0 aromatic heterocycles. The number of carbonyl (C=O) groups is 1. The van der Waals surface area contributed by atoms with E-state index < -0.39 is 10.8 Å². The van der Waals surface area contributed by atoms with Crippen molar-refractivity contribution in [1.82, 2.24) is 5.32 Å². The van der Waals surface area contributed by atoms with E-state index in [9.17, 15) is 9.00 Å². The van der Waals surface area contributed by atoms with Crippen LogP contribution in [0.4, 0.5) is 0 Å². The number of carbonyl (C=O) groups excluding carboxylic acids is 1. The second-order valence-electron chi connectivity index (χ2n) is 4.11. The lowest BCUT2D eigenvalue weighted by atomic mass is 10.2. The first kappa shape index (κ1) is 13.5. The maximum absolute atomic E-state index is 12.6. The van der Waals surface area contributed by atoms with Crippen LogP contribution in [0.1, 0.15) is 15.9 Å². The van der Waals surface area contributed by atoms with Gasteiger partial charge in [0.15, 0.2) is 0 Å². The molecule has 0 saturated carbocycles. The van der Waals surface area contributed by atoms with Gasteiger partial charge in [-0.15, -0.1) is 0 Å². The monoisotopic (exact) mass is 273 g/mol. The summed E-state index contributed by atoms with van der Waals surface area (Å²) in [6, 6.07) is 14.5. The molecule has 1 N–H and O–H groups in total. The number of rotatable bonds is 3. The van der Waals surface area contributed by atoms with Crippen LogP contribution in [-0.2, 0) is 10.8 Å². The van der Waals surface area contributed by atoms with Crippen LogP contribution in [0.2, 0.25) is 0 Å². The van der Waals surface area contributed by atoms with E-state index in [0.717, 1.165) is 10.5 Å². The summed E-state index contributed by atoms with van der Waals surface area (Å²) in [7, 11) is 0.212. The number of amides is 1. The van der Waals surface area contributed by atoms with E-state index in [-0.39, 0.29) is 5.91 Å². The predicted molar refractivity (Wildman–Crippen MR) is 75.7 cm³/mol. The highest BCUT2D eigenvalue weighted by atomic mass is 32.2. The standard InChI is InChI=1S/C15H15NO2S/c1-11-7-3-5-9-13(11)19(18)14-10-6-4-8-12(14)15(17)16-2/h3-10H,1-2H3,(H,16,17). The van der Waals surface area contributed by atoms with Crippen LogP contribution in [0.25, 0.3) is 0 Å². The molecule has 0 radical (unpaired) electrons. The molecule has 0 aliphatic carbocycles. The summed E-state index contributed by atoms with van der Waals surface area (Å²) < 4.78 is 12.6.